The van der Waals surface area contributed by atoms with Crippen LogP contribution in [0.15, 0.2) is 200 Å². The van der Waals surface area contributed by atoms with Gasteiger partial charge < -0.3 is 4.90 Å². The van der Waals surface area contributed by atoms with Gasteiger partial charge in [-0.2, -0.15) is 0 Å². The Labute approximate surface area is 327 Å². The molecule has 0 amide bonds. The van der Waals surface area contributed by atoms with Crippen LogP contribution in [0.3, 0.4) is 0 Å². The predicted molar refractivity (Wildman–Crippen MR) is 241 cm³/mol. The number of para-hydroxylation sites is 2. The summed E-state index contributed by atoms with van der Waals surface area (Å²) in [6.45, 7) is 0. The molecule has 2 heterocycles. The molecule has 1 nitrogen and oxygen atoms in total. The van der Waals surface area contributed by atoms with Crippen LogP contribution in [-0.2, 0) is 0 Å². The fourth-order valence-corrected chi connectivity index (χ4v) is 10.7. The molecule has 11 aromatic rings. The SMILES string of the molecule is c1cc(-c2cccc3c2sc2ccccc23)cc(N(c2ccccc2-c2ccc3sc4ccccc4c3c2)c2ccccc2-c2cccc3ccccc23)c1. The zero-order chi connectivity index (χ0) is 36.3. The Morgan fingerprint density at radius 2 is 0.855 bits per heavy atom. The van der Waals surface area contributed by atoms with E-state index < -0.39 is 0 Å². The second-order valence-corrected chi connectivity index (χ2v) is 16.2. The van der Waals surface area contributed by atoms with Gasteiger partial charge in [0, 0.05) is 57.2 Å². The van der Waals surface area contributed by atoms with E-state index in [1.165, 1.54) is 84.5 Å². The predicted octanol–water partition coefficient (Wildman–Crippen LogP) is 16.0. The van der Waals surface area contributed by atoms with Gasteiger partial charge in [-0.25, -0.2) is 0 Å². The zero-order valence-electron chi connectivity index (χ0n) is 29.8. The van der Waals surface area contributed by atoms with E-state index >= 15 is 0 Å². The van der Waals surface area contributed by atoms with E-state index in [9.17, 15) is 0 Å². The smallest absolute Gasteiger partial charge is 0.0540 e. The van der Waals surface area contributed by atoms with Crippen LogP contribution in [0, 0.1) is 0 Å². The first kappa shape index (κ1) is 32.0. The highest BCUT2D eigenvalue weighted by molar-refractivity contribution is 7.26. The fraction of sp³-hybridized carbons (Fsp3) is 0. The van der Waals surface area contributed by atoms with Gasteiger partial charge in [0.1, 0.15) is 0 Å². The van der Waals surface area contributed by atoms with Gasteiger partial charge in [-0.05, 0) is 81.6 Å². The fourth-order valence-electron chi connectivity index (χ4n) is 8.36. The quantitative estimate of drug-likeness (QED) is 0.164. The Balaban J connectivity index is 1.16. The Kier molecular flexibility index (Phi) is 7.61. The first-order chi connectivity index (χ1) is 27.3. The summed E-state index contributed by atoms with van der Waals surface area (Å²) >= 11 is 3.74. The molecule has 0 saturated carbocycles. The highest BCUT2D eigenvalue weighted by atomic mass is 32.1. The van der Waals surface area contributed by atoms with Crippen molar-refractivity contribution in [1.82, 2.24) is 0 Å². The molecule has 0 unspecified atom stereocenters. The Bertz CT molecular complexity index is 3230. The van der Waals surface area contributed by atoms with Crippen molar-refractivity contribution in [3.63, 3.8) is 0 Å². The zero-order valence-corrected chi connectivity index (χ0v) is 31.4. The molecule has 0 fully saturated rings. The molecular weight excluding hydrogens is 703 g/mol. The van der Waals surface area contributed by atoms with Crippen LogP contribution in [0.4, 0.5) is 17.1 Å². The molecule has 0 radical (unpaired) electrons. The van der Waals surface area contributed by atoms with E-state index in [2.05, 4.69) is 205 Å². The first-order valence-corrected chi connectivity index (χ1v) is 20.3. The second kappa shape index (κ2) is 13.1. The average molecular weight is 736 g/mol. The molecule has 3 heteroatoms. The van der Waals surface area contributed by atoms with Crippen LogP contribution in [0.5, 0.6) is 0 Å². The standard InChI is InChI=1S/C52H33NS2/c1-2-18-38-34(14-1)15-12-24-41(38)42-20-4-8-27-48(42)53(37-17-11-16-35(32-37)40-23-13-25-45-43-21-5-10-29-50(43)55-52(40)45)47-26-7-3-19-39(47)36-30-31-51-46(33-36)44-22-6-9-28-49(44)54-51/h1-33H. The van der Waals surface area contributed by atoms with E-state index in [-0.39, 0.29) is 0 Å². The van der Waals surface area contributed by atoms with E-state index in [1.807, 2.05) is 22.7 Å². The first-order valence-electron chi connectivity index (χ1n) is 18.7. The van der Waals surface area contributed by atoms with Gasteiger partial charge in [-0.1, -0.05) is 152 Å². The molecule has 0 N–H and O–H groups in total. The third-order valence-electron chi connectivity index (χ3n) is 10.9. The maximum atomic E-state index is 2.48. The van der Waals surface area contributed by atoms with Crippen LogP contribution >= 0.6 is 22.7 Å². The maximum absolute atomic E-state index is 2.48. The van der Waals surface area contributed by atoms with Gasteiger partial charge >= 0.3 is 0 Å². The molecule has 0 bridgehead atoms. The molecule has 55 heavy (non-hydrogen) atoms. The Hall–Kier alpha value is -6.52. The lowest BCUT2D eigenvalue weighted by Crippen LogP contribution is -2.12. The number of benzene rings is 9. The molecule has 0 atom stereocenters. The summed E-state index contributed by atoms with van der Waals surface area (Å²) in [6, 6.07) is 73.5. The van der Waals surface area contributed by atoms with E-state index in [1.54, 1.807) is 0 Å². The number of nitrogens with zero attached hydrogens (tertiary/aromatic N) is 1. The number of fused-ring (bicyclic) bond motifs is 7. The average Bonchev–Trinajstić information content (AvgIpc) is 3.82. The van der Waals surface area contributed by atoms with Gasteiger partial charge in [0.05, 0.1) is 11.4 Å². The molecular formula is C52H33NS2. The molecule has 0 spiro atoms. The molecule has 0 aliphatic heterocycles. The third-order valence-corrected chi connectivity index (χ3v) is 13.2. The summed E-state index contributed by atoms with van der Waals surface area (Å²) in [5.41, 5.74) is 10.6. The minimum absolute atomic E-state index is 1.11. The van der Waals surface area contributed by atoms with Crippen molar-refractivity contribution in [3.05, 3.63) is 200 Å². The Morgan fingerprint density at radius 1 is 0.309 bits per heavy atom. The number of hydrogen-bond acceptors (Lipinski definition) is 3. The van der Waals surface area contributed by atoms with Gasteiger partial charge in [-0.15, -0.1) is 22.7 Å². The number of rotatable bonds is 6. The van der Waals surface area contributed by atoms with E-state index in [0.717, 1.165) is 17.1 Å². The van der Waals surface area contributed by atoms with Gasteiger partial charge in [0.2, 0.25) is 0 Å². The summed E-state index contributed by atoms with van der Waals surface area (Å²) in [6.07, 6.45) is 0. The molecule has 9 aromatic carbocycles. The van der Waals surface area contributed by atoms with Crippen molar-refractivity contribution in [2.24, 2.45) is 0 Å². The van der Waals surface area contributed by atoms with Crippen molar-refractivity contribution in [2.45, 2.75) is 0 Å². The lowest BCUT2D eigenvalue weighted by atomic mass is 9.94. The molecule has 0 aliphatic rings. The maximum Gasteiger partial charge on any atom is 0.0540 e. The monoisotopic (exact) mass is 735 g/mol. The minimum Gasteiger partial charge on any atom is -0.309 e. The molecule has 258 valence electrons. The summed E-state index contributed by atoms with van der Waals surface area (Å²) in [5.74, 6) is 0. The largest absolute Gasteiger partial charge is 0.309 e. The highest BCUT2D eigenvalue weighted by Gasteiger charge is 2.22. The molecule has 2 aromatic heterocycles. The summed E-state index contributed by atoms with van der Waals surface area (Å²) in [5, 5.41) is 7.71. The van der Waals surface area contributed by atoms with Gasteiger partial charge in [0.15, 0.2) is 0 Å². The van der Waals surface area contributed by atoms with E-state index in [0.29, 0.717) is 0 Å². The van der Waals surface area contributed by atoms with Crippen molar-refractivity contribution in [1.29, 1.82) is 0 Å². The van der Waals surface area contributed by atoms with E-state index in [4.69, 9.17) is 0 Å². The van der Waals surface area contributed by atoms with Crippen molar-refractivity contribution in [3.8, 4) is 33.4 Å². The van der Waals surface area contributed by atoms with Crippen LogP contribution in [0.25, 0.3) is 84.5 Å². The summed E-state index contributed by atoms with van der Waals surface area (Å²) < 4.78 is 5.26. The van der Waals surface area contributed by atoms with Gasteiger partial charge in [0.25, 0.3) is 0 Å². The minimum atomic E-state index is 1.11. The normalized spacial score (nSPS) is 11.6. The molecule has 0 saturated heterocycles. The number of anilines is 3. The van der Waals surface area contributed by atoms with Crippen molar-refractivity contribution < 1.29 is 0 Å². The van der Waals surface area contributed by atoms with Crippen LogP contribution in [0.2, 0.25) is 0 Å². The summed E-state index contributed by atoms with van der Waals surface area (Å²) in [4.78, 5) is 2.48. The van der Waals surface area contributed by atoms with Crippen LogP contribution < -0.4 is 4.90 Å². The van der Waals surface area contributed by atoms with Crippen molar-refractivity contribution >= 4 is 90.9 Å². The van der Waals surface area contributed by atoms with Crippen LogP contribution in [-0.4, -0.2) is 0 Å². The lowest BCUT2D eigenvalue weighted by molar-refractivity contribution is 1.28. The third kappa shape index (κ3) is 5.35. The highest BCUT2D eigenvalue weighted by Crippen LogP contribution is 2.48. The van der Waals surface area contributed by atoms with Gasteiger partial charge in [-0.3, -0.25) is 0 Å². The number of hydrogen-bond donors (Lipinski definition) is 0. The lowest BCUT2D eigenvalue weighted by Gasteiger charge is -2.30. The van der Waals surface area contributed by atoms with Crippen molar-refractivity contribution in [2.75, 3.05) is 4.90 Å². The van der Waals surface area contributed by atoms with Crippen LogP contribution in [0.1, 0.15) is 0 Å². The molecule has 0 aliphatic carbocycles. The Morgan fingerprint density at radius 3 is 1.71 bits per heavy atom. The summed E-state index contributed by atoms with van der Waals surface area (Å²) in [7, 11) is 0. The number of thiophene rings is 2. The second-order valence-electron chi connectivity index (χ2n) is 14.0. The molecule has 11 rings (SSSR count). The topological polar surface area (TPSA) is 3.24 Å².